The molecule has 1 fully saturated rings. The molecule has 0 saturated heterocycles. The lowest BCUT2D eigenvalue weighted by atomic mass is 9.66. The molecule has 0 amide bonds. The van der Waals surface area contributed by atoms with E-state index in [1.54, 1.807) is 0 Å². The van der Waals surface area contributed by atoms with Crippen molar-refractivity contribution < 1.29 is 10.2 Å². The summed E-state index contributed by atoms with van der Waals surface area (Å²) in [6.45, 7) is 8.06. The van der Waals surface area contributed by atoms with Crippen LogP contribution in [0.15, 0.2) is 24.3 Å². The Morgan fingerprint density at radius 2 is 0.767 bits per heavy atom. The van der Waals surface area contributed by atoms with E-state index in [4.69, 9.17) is 0 Å². The molecule has 2 aromatic carbocycles. The van der Waals surface area contributed by atoms with Gasteiger partial charge in [0.25, 0.3) is 0 Å². The smallest absolute Gasteiger partial charge is 0.121 e. The quantitative estimate of drug-likeness (QED) is 0.530. The number of benzene rings is 2. The van der Waals surface area contributed by atoms with Crippen LogP contribution in [0.5, 0.6) is 11.5 Å². The van der Waals surface area contributed by atoms with Gasteiger partial charge >= 0.3 is 0 Å². The second kappa shape index (κ2) is 9.90. The summed E-state index contributed by atoms with van der Waals surface area (Å²) in [5.41, 5.74) is 6.44. The molecule has 0 bridgehead atoms. The Morgan fingerprint density at radius 3 is 1.07 bits per heavy atom. The maximum Gasteiger partial charge on any atom is 0.121 e. The second-order valence-electron chi connectivity index (χ2n) is 9.68. The first-order valence-electron chi connectivity index (χ1n) is 12.0. The van der Waals surface area contributed by atoms with Crippen LogP contribution in [0.3, 0.4) is 0 Å². The van der Waals surface area contributed by atoms with Gasteiger partial charge in [0.15, 0.2) is 0 Å². The van der Waals surface area contributed by atoms with Crippen LogP contribution in [-0.4, -0.2) is 10.2 Å². The Bertz CT molecular complexity index is 747. The maximum atomic E-state index is 10.4. The SMILES string of the molecule is Cc1cc(C2(c3cc(C)c(O)c(C)c3)CCCCCCCCCCC2)cc(C)c1O. The molecular formula is C28H40O2. The highest BCUT2D eigenvalue weighted by Gasteiger charge is 2.35. The molecule has 0 aromatic heterocycles. The van der Waals surface area contributed by atoms with Crippen LogP contribution in [-0.2, 0) is 5.41 Å². The van der Waals surface area contributed by atoms with Crippen molar-refractivity contribution >= 4 is 0 Å². The Morgan fingerprint density at radius 1 is 0.500 bits per heavy atom. The van der Waals surface area contributed by atoms with Crippen molar-refractivity contribution in [2.24, 2.45) is 0 Å². The van der Waals surface area contributed by atoms with E-state index in [2.05, 4.69) is 24.3 Å². The summed E-state index contributed by atoms with van der Waals surface area (Å²) >= 11 is 0. The fourth-order valence-corrected chi connectivity index (χ4v) is 5.42. The molecular weight excluding hydrogens is 368 g/mol. The van der Waals surface area contributed by atoms with E-state index in [0.717, 1.165) is 35.1 Å². The van der Waals surface area contributed by atoms with E-state index in [9.17, 15) is 10.2 Å². The number of phenolic OH excluding ortho intramolecular Hbond substituents is 2. The van der Waals surface area contributed by atoms with Crippen LogP contribution in [0.4, 0.5) is 0 Å². The lowest BCUT2D eigenvalue weighted by Crippen LogP contribution is -2.29. The van der Waals surface area contributed by atoms with Gasteiger partial charge in [0.1, 0.15) is 11.5 Å². The van der Waals surface area contributed by atoms with Crippen molar-refractivity contribution in [3.8, 4) is 11.5 Å². The predicted octanol–water partition coefficient (Wildman–Crippen LogP) is 7.92. The summed E-state index contributed by atoms with van der Waals surface area (Å²) in [6, 6.07) is 8.86. The molecule has 2 aromatic rings. The maximum absolute atomic E-state index is 10.4. The number of phenols is 2. The predicted molar refractivity (Wildman–Crippen MR) is 127 cm³/mol. The molecule has 1 aliphatic rings. The Hall–Kier alpha value is -1.96. The van der Waals surface area contributed by atoms with Gasteiger partial charge in [-0.1, -0.05) is 82.1 Å². The van der Waals surface area contributed by atoms with E-state index >= 15 is 0 Å². The van der Waals surface area contributed by atoms with Gasteiger partial charge < -0.3 is 10.2 Å². The molecule has 0 heterocycles. The third kappa shape index (κ3) is 4.85. The lowest BCUT2D eigenvalue weighted by Gasteiger charge is -2.37. The molecule has 164 valence electrons. The van der Waals surface area contributed by atoms with E-state index in [-0.39, 0.29) is 5.41 Å². The summed E-state index contributed by atoms with van der Waals surface area (Å²) in [5, 5.41) is 20.9. The molecule has 2 N–H and O–H groups in total. The third-order valence-electron chi connectivity index (χ3n) is 7.29. The van der Waals surface area contributed by atoms with Gasteiger partial charge in [-0.2, -0.15) is 0 Å². The van der Waals surface area contributed by atoms with E-state index in [1.807, 2.05) is 27.7 Å². The average molecular weight is 409 g/mol. The van der Waals surface area contributed by atoms with Crippen LogP contribution in [0, 0.1) is 27.7 Å². The summed E-state index contributed by atoms with van der Waals surface area (Å²) in [7, 11) is 0. The molecule has 0 radical (unpaired) electrons. The standard InChI is InChI=1S/C28H40O2/c1-20-16-24(17-21(2)26(20)29)28(25-18-22(3)27(30)23(4)19-25)14-12-10-8-6-5-7-9-11-13-15-28/h16-19,29-30H,5-15H2,1-4H3. The molecule has 0 unspecified atom stereocenters. The monoisotopic (exact) mass is 408 g/mol. The zero-order valence-electron chi connectivity index (χ0n) is 19.5. The van der Waals surface area contributed by atoms with Gasteiger partial charge in [0.2, 0.25) is 0 Å². The fourth-order valence-electron chi connectivity index (χ4n) is 5.42. The zero-order chi connectivity index (χ0) is 21.7. The molecule has 3 rings (SSSR count). The van der Waals surface area contributed by atoms with Crippen molar-refractivity contribution in [3.63, 3.8) is 0 Å². The summed E-state index contributed by atoms with van der Waals surface area (Å²) in [5.74, 6) is 0.834. The van der Waals surface area contributed by atoms with Crippen molar-refractivity contribution in [2.45, 2.75) is 104 Å². The Labute approximate surface area is 183 Å². The van der Waals surface area contributed by atoms with Gasteiger partial charge in [0.05, 0.1) is 0 Å². The highest BCUT2D eigenvalue weighted by atomic mass is 16.3. The summed E-state index contributed by atoms with van der Waals surface area (Å²) in [4.78, 5) is 0. The highest BCUT2D eigenvalue weighted by molar-refractivity contribution is 5.52. The van der Waals surface area contributed by atoms with Crippen LogP contribution in [0.25, 0.3) is 0 Å². The minimum Gasteiger partial charge on any atom is -0.507 e. The zero-order valence-corrected chi connectivity index (χ0v) is 19.5. The lowest BCUT2D eigenvalue weighted by molar-refractivity contribution is 0.380. The first kappa shape index (κ1) is 22.7. The normalized spacial score (nSPS) is 18.4. The van der Waals surface area contributed by atoms with Gasteiger partial charge in [-0.05, 0) is 73.9 Å². The van der Waals surface area contributed by atoms with Crippen LogP contribution < -0.4 is 0 Å². The Balaban J connectivity index is 2.15. The molecule has 1 aliphatic carbocycles. The number of hydrogen-bond acceptors (Lipinski definition) is 2. The number of rotatable bonds is 2. The van der Waals surface area contributed by atoms with E-state index in [1.165, 1.54) is 68.9 Å². The van der Waals surface area contributed by atoms with Gasteiger partial charge in [-0.15, -0.1) is 0 Å². The number of aromatic hydroxyl groups is 2. The highest BCUT2D eigenvalue weighted by Crippen LogP contribution is 2.45. The molecule has 0 atom stereocenters. The first-order chi connectivity index (χ1) is 14.3. The number of hydrogen-bond donors (Lipinski definition) is 2. The summed E-state index contributed by atoms with van der Waals surface area (Å²) in [6.07, 6.45) is 14.0. The number of aryl methyl sites for hydroxylation is 4. The topological polar surface area (TPSA) is 40.5 Å². The van der Waals surface area contributed by atoms with Crippen LogP contribution in [0.2, 0.25) is 0 Å². The molecule has 0 spiro atoms. The first-order valence-corrected chi connectivity index (χ1v) is 12.0. The fraction of sp³-hybridized carbons (Fsp3) is 0.571. The molecule has 2 heteroatoms. The second-order valence-corrected chi connectivity index (χ2v) is 9.68. The minimum absolute atomic E-state index is 0.0639. The average Bonchev–Trinajstić information content (AvgIpc) is 2.70. The van der Waals surface area contributed by atoms with Crippen molar-refractivity contribution in [3.05, 3.63) is 57.6 Å². The van der Waals surface area contributed by atoms with Crippen molar-refractivity contribution in [1.82, 2.24) is 0 Å². The van der Waals surface area contributed by atoms with Gasteiger partial charge in [-0.3, -0.25) is 0 Å². The van der Waals surface area contributed by atoms with E-state index in [0.29, 0.717) is 11.5 Å². The van der Waals surface area contributed by atoms with Gasteiger partial charge in [0, 0.05) is 5.41 Å². The van der Waals surface area contributed by atoms with E-state index < -0.39 is 0 Å². The van der Waals surface area contributed by atoms with Crippen LogP contribution in [0.1, 0.15) is 104 Å². The van der Waals surface area contributed by atoms with Crippen molar-refractivity contribution in [1.29, 1.82) is 0 Å². The Kier molecular flexibility index (Phi) is 7.50. The van der Waals surface area contributed by atoms with Crippen molar-refractivity contribution in [2.75, 3.05) is 0 Å². The third-order valence-corrected chi connectivity index (χ3v) is 7.29. The van der Waals surface area contributed by atoms with Crippen LogP contribution >= 0.6 is 0 Å². The minimum atomic E-state index is -0.0639. The molecule has 0 aliphatic heterocycles. The molecule has 2 nitrogen and oxygen atoms in total. The molecule has 30 heavy (non-hydrogen) atoms. The largest absolute Gasteiger partial charge is 0.507 e. The molecule has 1 saturated carbocycles. The van der Waals surface area contributed by atoms with Gasteiger partial charge in [-0.25, -0.2) is 0 Å². The summed E-state index contributed by atoms with van der Waals surface area (Å²) < 4.78 is 0.